The molecule has 2 heterocycles. The van der Waals surface area contributed by atoms with Crippen LogP contribution in [0.1, 0.15) is 52.5 Å². The number of pyridine rings is 1. The van der Waals surface area contributed by atoms with Crippen LogP contribution in [-0.2, 0) is 6.54 Å². The molecule has 1 aromatic heterocycles. The summed E-state index contributed by atoms with van der Waals surface area (Å²) in [6.07, 6.45) is 5.94. The van der Waals surface area contributed by atoms with Gasteiger partial charge in [0, 0.05) is 45.0 Å². The van der Waals surface area contributed by atoms with Gasteiger partial charge < -0.3 is 15.5 Å². The second-order valence-corrected chi connectivity index (χ2v) is 7.84. The molecule has 1 fully saturated rings. The predicted octanol–water partition coefficient (Wildman–Crippen LogP) is 3.48. The number of aliphatic imine (C=N–C) groups is 1. The summed E-state index contributed by atoms with van der Waals surface area (Å²) in [5, 5.41) is 6.90. The first-order chi connectivity index (χ1) is 13.0. The van der Waals surface area contributed by atoms with Crippen LogP contribution in [0.2, 0.25) is 0 Å². The second kappa shape index (κ2) is 12.5. The number of likely N-dealkylation sites (tertiary alicyclic amines) is 1. The van der Waals surface area contributed by atoms with Gasteiger partial charge >= 0.3 is 0 Å². The average Bonchev–Trinajstić information content (AvgIpc) is 2.70. The highest BCUT2D eigenvalue weighted by atomic mass is 127. The highest BCUT2D eigenvalue weighted by molar-refractivity contribution is 14.0. The first-order valence-corrected chi connectivity index (χ1v) is 10.4. The molecule has 0 spiro atoms. The third kappa shape index (κ3) is 7.39. The fourth-order valence-corrected chi connectivity index (χ4v) is 3.57. The molecule has 0 amide bonds. The van der Waals surface area contributed by atoms with E-state index in [-0.39, 0.29) is 29.5 Å². The van der Waals surface area contributed by atoms with Crippen molar-refractivity contribution in [2.75, 3.05) is 44.7 Å². The van der Waals surface area contributed by atoms with Gasteiger partial charge in [-0.25, -0.2) is 4.98 Å². The van der Waals surface area contributed by atoms with Crippen LogP contribution < -0.4 is 15.5 Å². The van der Waals surface area contributed by atoms with E-state index in [9.17, 15) is 0 Å². The van der Waals surface area contributed by atoms with Crippen LogP contribution >= 0.6 is 24.0 Å². The van der Waals surface area contributed by atoms with Gasteiger partial charge in [-0.1, -0.05) is 12.5 Å². The zero-order chi connectivity index (χ0) is 19.7. The van der Waals surface area contributed by atoms with Crippen molar-refractivity contribution in [2.24, 2.45) is 4.99 Å². The third-order valence-electron chi connectivity index (χ3n) is 5.48. The van der Waals surface area contributed by atoms with E-state index in [2.05, 4.69) is 70.2 Å². The number of nitrogens with zero attached hydrogens (tertiary/aromatic N) is 4. The van der Waals surface area contributed by atoms with E-state index in [1.165, 1.54) is 32.4 Å². The number of piperidine rings is 1. The number of nitrogens with one attached hydrogen (secondary N) is 2. The maximum Gasteiger partial charge on any atom is 0.191 e. The van der Waals surface area contributed by atoms with Gasteiger partial charge in [0.1, 0.15) is 5.82 Å². The minimum absolute atomic E-state index is 0. The Morgan fingerprint density at radius 1 is 1.14 bits per heavy atom. The predicted molar refractivity (Wildman–Crippen MR) is 131 cm³/mol. The van der Waals surface area contributed by atoms with Crippen molar-refractivity contribution < 1.29 is 0 Å². The Bertz CT molecular complexity index is 577. The summed E-state index contributed by atoms with van der Waals surface area (Å²) in [6, 6.07) is 4.23. The summed E-state index contributed by atoms with van der Waals surface area (Å²) >= 11 is 0. The van der Waals surface area contributed by atoms with E-state index >= 15 is 0 Å². The van der Waals surface area contributed by atoms with Crippen molar-refractivity contribution in [2.45, 2.75) is 59.0 Å². The lowest BCUT2D eigenvalue weighted by Gasteiger charge is -2.41. The fraction of sp³-hybridized carbons (Fsp3) is 0.714. The van der Waals surface area contributed by atoms with Gasteiger partial charge in [0.15, 0.2) is 5.96 Å². The highest BCUT2D eigenvalue weighted by Crippen LogP contribution is 2.19. The van der Waals surface area contributed by atoms with Gasteiger partial charge in [-0.3, -0.25) is 9.89 Å². The molecule has 1 saturated heterocycles. The van der Waals surface area contributed by atoms with Gasteiger partial charge in [-0.2, -0.15) is 0 Å². The lowest BCUT2D eigenvalue weighted by Crippen LogP contribution is -2.54. The molecular formula is C21H39IN6. The van der Waals surface area contributed by atoms with E-state index in [0.29, 0.717) is 0 Å². The fourth-order valence-electron chi connectivity index (χ4n) is 3.57. The monoisotopic (exact) mass is 502 g/mol. The van der Waals surface area contributed by atoms with E-state index in [0.717, 1.165) is 43.5 Å². The minimum Gasteiger partial charge on any atom is -0.357 e. The summed E-state index contributed by atoms with van der Waals surface area (Å²) in [5.41, 5.74) is 1.29. The zero-order valence-electron chi connectivity index (χ0n) is 18.3. The highest BCUT2D eigenvalue weighted by Gasteiger charge is 2.27. The van der Waals surface area contributed by atoms with Gasteiger partial charge in [0.05, 0.1) is 0 Å². The largest absolute Gasteiger partial charge is 0.357 e. The molecule has 0 atom stereocenters. The summed E-state index contributed by atoms with van der Waals surface area (Å²) in [6.45, 7) is 14.9. The lowest BCUT2D eigenvalue weighted by atomic mass is 9.98. The first-order valence-electron chi connectivity index (χ1n) is 10.4. The molecule has 1 aliphatic rings. The Morgan fingerprint density at radius 2 is 1.82 bits per heavy atom. The number of guanidine groups is 1. The quantitative estimate of drug-likeness (QED) is 0.324. The number of aromatic nitrogens is 1. The van der Waals surface area contributed by atoms with Crippen molar-refractivity contribution in [1.29, 1.82) is 0 Å². The van der Waals surface area contributed by atoms with E-state index < -0.39 is 0 Å². The molecule has 160 valence electrons. The Balaban J connectivity index is 0.00000392. The SMILES string of the molecule is CCN(CC)c1ccc(CNC(=NC)NCC(C)(C)N2CCCCC2)cn1.I. The molecule has 2 N–H and O–H groups in total. The molecule has 28 heavy (non-hydrogen) atoms. The van der Waals surface area contributed by atoms with Crippen LogP contribution in [-0.4, -0.2) is 61.2 Å². The Labute approximate surface area is 188 Å². The molecule has 0 bridgehead atoms. The van der Waals surface area contributed by atoms with Crippen molar-refractivity contribution in [3.63, 3.8) is 0 Å². The minimum atomic E-state index is 0. The Kier molecular flexibility index (Phi) is 11.1. The van der Waals surface area contributed by atoms with Crippen LogP contribution in [0.25, 0.3) is 0 Å². The van der Waals surface area contributed by atoms with Crippen molar-refractivity contribution in [3.8, 4) is 0 Å². The second-order valence-electron chi connectivity index (χ2n) is 7.84. The number of hydrogen-bond acceptors (Lipinski definition) is 4. The zero-order valence-corrected chi connectivity index (χ0v) is 20.6. The molecule has 0 radical (unpaired) electrons. The van der Waals surface area contributed by atoms with Crippen molar-refractivity contribution in [1.82, 2.24) is 20.5 Å². The number of halogens is 1. The Hall–Kier alpha value is -1.09. The Morgan fingerprint density at radius 3 is 2.36 bits per heavy atom. The van der Waals surface area contributed by atoms with Gasteiger partial charge in [0.25, 0.3) is 0 Å². The van der Waals surface area contributed by atoms with Crippen molar-refractivity contribution >= 4 is 35.8 Å². The topological polar surface area (TPSA) is 55.8 Å². The summed E-state index contributed by atoms with van der Waals surface area (Å²) in [4.78, 5) is 13.8. The maximum atomic E-state index is 4.59. The van der Waals surface area contributed by atoms with Crippen LogP contribution in [0.5, 0.6) is 0 Å². The normalized spacial score (nSPS) is 15.7. The average molecular weight is 502 g/mol. The molecular weight excluding hydrogens is 463 g/mol. The summed E-state index contributed by atoms with van der Waals surface area (Å²) in [7, 11) is 1.82. The van der Waals surface area contributed by atoms with E-state index in [1.54, 1.807) is 0 Å². The van der Waals surface area contributed by atoms with E-state index in [4.69, 9.17) is 0 Å². The lowest BCUT2D eigenvalue weighted by molar-refractivity contribution is 0.0982. The van der Waals surface area contributed by atoms with Gasteiger partial charge in [0.2, 0.25) is 0 Å². The molecule has 1 aliphatic heterocycles. The first kappa shape index (κ1) is 24.9. The third-order valence-corrected chi connectivity index (χ3v) is 5.48. The summed E-state index contributed by atoms with van der Waals surface area (Å²) < 4.78 is 0. The number of hydrogen-bond donors (Lipinski definition) is 2. The van der Waals surface area contributed by atoms with Crippen LogP contribution in [0, 0.1) is 0 Å². The molecule has 0 saturated carbocycles. The van der Waals surface area contributed by atoms with Crippen LogP contribution in [0.15, 0.2) is 23.3 Å². The smallest absolute Gasteiger partial charge is 0.191 e. The van der Waals surface area contributed by atoms with Gasteiger partial charge in [-0.15, -0.1) is 24.0 Å². The molecule has 7 heteroatoms. The standard InChI is InChI=1S/C21H38N6.HI/c1-6-26(7-2)19-12-11-18(15-23-19)16-24-20(22-5)25-17-21(3,4)27-13-9-8-10-14-27;/h11-12,15H,6-10,13-14,16-17H2,1-5H3,(H2,22,24,25);1H. The molecule has 0 unspecified atom stereocenters. The molecule has 0 aliphatic carbocycles. The number of rotatable bonds is 8. The number of anilines is 1. The van der Waals surface area contributed by atoms with Crippen LogP contribution in [0.4, 0.5) is 5.82 Å². The molecule has 1 aromatic rings. The molecule has 0 aromatic carbocycles. The van der Waals surface area contributed by atoms with Crippen molar-refractivity contribution in [3.05, 3.63) is 23.9 Å². The maximum absolute atomic E-state index is 4.59. The molecule has 6 nitrogen and oxygen atoms in total. The summed E-state index contributed by atoms with van der Waals surface area (Å²) in [5.74, 6) is 1.88. The van der Waals surface area contributed by atoms with Crippen LogP contribution in [0.3, 0.4) is 0 Å². The van der Waals surface area contributed by atoms with E-state index in [1.807, 2.05) is 13.2 Å². The van der Waals surface area contributed by atoms with Gasteiger partial charge in [-0.05, 0) is 65.3 Å². The molecule has 2 rings (SSSR count).